The summed E-state index contributed by atoms with van der Waals surface area (Å²) in [7, 11) is 1.60. The van der Waals surface area contributed by atoms with Crippen molar-refractivity contribution in [2.24, 2.45) is 0 Å². The molecule has 0 bridgehead atoms. The highest BCUT2D eigenvalue weighted by molar-refractivity contribution is 5.79. The molecule has 0 amide bonds. The molecule has 3 aromatic rings. The first-order chi connectivity index (χ1) is 9.49. The van der Waals surface area contributed by atoms with E-state index in [1.165, 1.54) is 6.33 Å². The molecule has 104 valence electrons. The number of hydrogen-bond acceptors (Lipinski definition) is 5. The van der Waals surface area contributed by atoms with Gasteiger partial charge in [-0.25, -0.2) is 9.67 Å². The second kappa shape index (κ2) is 4.18. The lowest BCUT2D eigenvalue weighted by Gasteiger charge is -2.05. The quantitative estimate of drug-likeness (QED) is 0.746. The van der Waals surface area contributed by atoms with Gasteiger partial charge in [-0.1, -0.05) is 0 Å². The number of hydrogen-bond donors (Lipinski definition) is 2. The fourth-order valence-corrected chi connectivity index (χ4v) is 1.68. The largest absolute Gasteiger partial charge is 0.419 e. The Morgan fingerprint density at radius 3 is 2.75 bits per heavy atom. The van der Waals surface area contributed by atoms with E-state index in [0.717, 1.165) is 17.1 Å². The van der Waals surface area contributed by atoms with E-state index in [2.05, 4.69) is 30.4 Å². The van der Waals surface area contributed by atoms with E-state index >= 15 is 0 Å². The van der Waals surface area contributed by atoms with Crippen molar-refractivity contribution in [3.63, 3.8) is 0 Å². The molecule has 20 heavy (non-hydrogen) atoms. The van der Waals surface area contributed by atoms with Gasteiger partial charge in [-0.15, -0.1) is 0 Å². The second-order valence-corrected chi connectivity index (χ2v) is 3.89. The van der Waals surface area contributed by atoms with Gasteiger partial charge in [-0.3, -0.25) is 0 Å². The number of nitrogens with one attached hydrogen (secondary N) is 2. The van der Waals surface area contributed by atoms with Crippen LogP contribution in [0.3, 0.4) is 0 Å². The Kier molecular flexibility index (Phi) is 2.59. The molecule has 2 N–H and O–H groups in total. The first-order valence-corrected chi connectivity index (χ1v) is 5.50. The molecule has 0 radical (unpaired) electrons. The fourth-order valence-electron chi connectivity index (χ4n) is 1.68. The first-order valence-electron chi connectivity index (χ1n) is 5.50. The molecule has 0 aliphatic heterocycles. The van der Waals surface area contributed by atoms with E-state index < -0.39 is 11.7 Å². The number of nitrogens with zero attached hydrogens (tertiary/aromatic N) is 5. The summed E-state index contributed by atoms with van der Waals surface area (Å²) in [5, 5.41) is 6.41. The minimum atomic E-state index is -4.45. The van der Waals surface area contributed by atoms with Crippen LogP contribution in [0.4, 0.5) is 19.1 Å². The summed E-state index contributed by atoms with van der Waals surface area (Å²) >= 11 is 0. The predicted molar refractivity (Wildman–Crippen MR) is 63.4 cm³/mol. The van der Waals surface area contributed by atoms with Crippen molar-refractivity contribution in [3.05, 3.63) is 24.3 Å². The van der Waals surface area contributed by atoms with Crippen LogP contribution in [0.25, 0.3) is 17.0 Å². The van der Waals surface area contributed by atoms with Crippen LogP contribution in [0.2, 0.25) is 0 Å². The highest BCUT2D eigenvalue weighted by atomic mass is 19.4. The molecular weight excluding hydrogens is 275 g/mol. The van der Waals surface area contributed by atoms with Gasteiger partial charge in [-0.2, -0.15) is 28.2 Å². The summed E-state index contributed by atoms with van der Waals surface area (Å²) in [6.45, 7) is 0. The molecule has 3 aromatic heterocycles. The molecule has 0 unspecified atom stereocenters. The van der Waals surface area contributed by atoms with Crippen molar-refractivity contribution in [1.82, 2.24) is 29.7 Å². The summed E-state index contributed by atoms with van der Waals surface area (Å²) in [5.74, 6) is 0.427. The van der Waals surface area contributed by atoms with E-state index in [0.29, 0.717) is 11.2 Å². The second-order valence-electron chi connectivity index (χ2n) is 3.89. The van der Waals surface area contributed by atoms with E-state index in [9.17, 15) is 13.2 Å². The first kappa shape index (κ1) is 12.4. The molecule has 0 atom stereocenters. The van der Waals surface area contributed by atoms with Crippen LogP contribution in [0.5, 0.6) is 0 Å². The Hall–Kier alpha value is -2.65. The Bertz CT molecular complexity index is 758. The van der Waals surface area contributed by atoms with Gasteiger partial charge in [-0.05, 0) is 0 Å². The van der Waals surface area contributed by atoms with Crippen LogP contribution in [0, 0.1) is 0 Å². The number of aromatic nitrogens is 6. The molecule has 3 heterocycles. The number of halogens is 3. The molecule has 10 heteroatoms. The van der Waals surface area contributed by atoms with Gasteiger partial charge in [0.1, 0.15) is 5.52 Å². The summed E-state index contributed by atoms with van der Waals surface area (Å²) in [4.78, 5) is 14.9. The summed E-state index contributed by atoms with van der Waals surface area (Å²) in [6.07, 6.45) is -1.47. The molecule has 0 aliphatic rings. The highest BCUT2D eigenvalue weighted by Gasteiger charge is 2.32. The number of alkyl halides is 3. The van der Waals surface area contributed by atoms with Gasteiger partial charge < -0.3 is 10.3 Å². The summed E-state index contributed by atoms with van der Waals surface area (Å²) in [5.41, 5.74) is -0.112. The summed E-state index contributed by atoms with van der Waals surface area (Å²) < 4.78 is 38.8. The SMILES string of the molecule is CNc1nc(-n2cc(C(F)(F)F)cn2)c2[nH]cnc2n1. The minimum absolute atomic E-state index is 0.187. The molecule has 3 rings (SSSR count). The van der Waals surface area contributed by atoms with Gasteiger partial charge in [0.2, 0.25) is 5.95 Å². The van der Waals surface area contributed by atoms with E-state index in [1.807, 2.05) is 0 Å². The molecule has 0 saturated carbocycles. The maximum absolute atomic E-state index is 12.6. The Morgan fingerprint density at radius 2 is 2.10 bits per heavy atom. The Balaban J connectivity index is 2.18. The van der Waals surface area contributed by atoms with Gasteiger partial charge in [0.05, 0.1) is 18.1 Å². The molecule has 0 fully saturated rings. The Morgan fingerprint density at radius 1 is 1.30 bits per heavy atom. The van der Waals surface area contributed by atoms with Crippen molar-refractivity contribution >= 4 is 17.1 Å². The topological polar surface area (TPSA) is 84.3 Å². The monoisotopic (exact) mass is 283 g/mol. The van der Waals surface area contributed by atoms with Crippen LogP contribution in [-0.2, 0) is 6.18 Å². The van der Waals surface area contributed by atoms with Crippen LogP contribution in [0.1, 0.15) is 5.56 Å². The third kappa shape index (κ3) is 1.94. The zero-order valence-corrected chi connectivity index (χ0v) is 10.1. The van der Waals surface area contributed by atoms with Crippen LogP contribution in [0.15, 0.2) is 18.7 Å². The molecule has 0 saturated heterocycles. The number of H-pyrrole nitrogens is 1. The van der Waals surface area contributed by atoms with Crippen LogP contribution in [-0.4, -0.2) is 36.8 Å². The maximum atomic E-state index is 12.6. The predicted octanol–water partition coefficient (Wildman–Crippen LogP) is 1.60. The maximum Gasteiger partial charge on any atom is 0.419 e. The standard InChI is InChI=1S/C10H8F3N7/c1-14-9-18-7-6(15-4-16-7)8(19-9)20-3-5(2-17-20)10(11,12)13/h2-4H,1H3,(H2,14,15,16,18,19). The molecule has 0 spiro atoms. The lowest BCUT2D eigenvalue weighted by atomic mass is 10.3. The normalized spacial score (nSPS) is 12.0. The molecule has 0 aromatic carbocycles. The van der Waals surface area contributed by atoms with Crippen molar-refractivity contribution < 1.29 is 13.2 Å². The van der Waals surface area contributed by atoms with Gasteiger partial charge >= 0.3 is 6.18 Å². The van der Waals surface area contributed by atoms with Gasteiger partial charge in [0.15, 0.2) is 11.5 Å². The van der Waals surface area contributed by atoms with E-state index in [-0.39, 0.29) is 11.8 Å². The zero-order chi connectivity index (χ0) is 14.3. The molecular formula is C10H8F3N7. The number of anilines is 1. The smallest absolute Gasteiger partial charge is 0.357 e. The van der Waals surface area contributed by atoms with Crippen molar-refractivity contribution in [3.8, 4) is 5.82 Å². The zero-order valence-electron chi connectivity index (χ0n) is 10.1. The van der Waals surface area contributed by atoms with Gasteiger partial charge in [0.25, 0.3) is 0 Å². The van der Waals surface area contributed by atoms with Crippen LogP contribution < -0.4 is 5.32 Å². The van der Waals surface area contributed by atoms with Crippen molar-refractivity contribution in [2.45, 2.75) is 6.18 Å². The lowest BCUT2D eigenvalue weighted by molar-refractivity contribution is -0.137. The molecule has 7 nitrogen and oxygen atoms in total. The Labute approximate surface area is 109 Å². The number of rotatable bonds is 2. The highest BCUT2D eigenvalue weighted by Crippen LogP contribution is 2.29. The summed E-state index contributed by atoms with van der Waals surface area (Å²) in [6, 6.07) is 0. The third-order valence-electron chi connectivity index (χ3n) is 2.62. The van der Waals surface area contributed by atoms with Gasteiger partial charge in [0, 0.05) is 13.2 Å². The lowest BCUT2D eigenvalue weighted by Crippen LogP contribution is -2.06. The van der Waals surface area contributed by atoms with Crippen molar-refractivity contribution in [1.29, 1.82) is 0 Å². The average molecular weight is 283 g/mol. The van der Waals surface area contributed by atoms with E-state index in [1.54, 1.807) is 7.05 Å². The van der Waals surface area contributed by atoms with Crippen LogP contribution >= 0.6 is 0 Å². The van der Waals surface area contributed by atoms with Crippen molar-refractivity contribution in [2.75, 3.05) is 12.4 Å². The number of aromatic amines is 1. The number of imidazole rings is 1. The molecule has 0 aliphatic carbocycles. The minimum Gasteiger partial charge on any atom is -0.357 e. The number of fused-ring (bicyclic) bond motifs is 1. The third-order valence-corrected chi connectivity index (χ3v) is 2.62. The fraction of sp³-hybridized carbons (Fsp3) is 0.200. The average Bonchev–Trinajstić information content (AvgIpc) is 3.05. The van der Waals surface area contributed by atoms with E-state index in [4.69, 9.17) is 0 Å².